The molecule has 0 aliphatic heterocycles. The largest absolute Gasteiger partial charge is 0.497 e. The third-order valence-electron chi connectivity index (χ3n) is 3.16. The van der Waals surface area contributed by atoms with E-state index in [1.54, 1.807) is 18.2 Å². The first-order valence-corrected chi connectivity index (χ1v) is 6.49. The molecule has 0 aliphatic rings. The Balaban J connectivity index is 2.26. The molecule has 1 unspecified atom stereocenters. The van der Waals surface area contributed by atoms with Crippen molar-refractivity contribution >= 4 is 5.69 Å². The maximum absolute atomic E-state index is 13.8. The van der Waals surface area contributed by atoms with E-state index in [2.05, 4.69) is 5.32 Å². The van der Waals surface area contributed by atoms with Gasteiger partial charge >= 0.3 is 0 Å². The van der Waals surface area contributed by atoms with Gasteiger partial charge in [0.25, 0.3) is 0 Å². The van der Waals surface area contributed by atoms with E-state index < -0.39 is 0 Å². The molecule has 2 rings (SSSR count). The minimum atomic E-state index is -0.361. The minimum absolute atomic E-state index is 0.160. The Hall–Kier alpha value is -2.10. The molecular formula is C16H17F2NO. The van der Waals surface area contributed by atoms with E-state index in [1.165, 1.54) is 25.3 Å². The molecule has 2 nitrogen and oxygen atoms in total. The first-order valence-electron chi connectivity index (χ1n) is 6.49. The van der Waals surface area contributed by atoms with Gasteiger partial charge in [-0.1, -0.05) is 19.1 Å². The second-order valence-electron chi connectivity index (χ2n) is 4.51. The predicted molar refractivity (Wildman–Crippen MR) is 76.0 cm³/mol. The molecule has 1 atom stereocenters. The Kier molecular flexibility index (Phi) is 4.56. The molecular weight excluding hydrogens is 260 g/mol. The van der Waals surface area contributed by atoms with Gasteiger partial charge < -0.3 is 10.1 Å². The van der Waals surface area contributed by atoms with Gasteiger partial charge in [0.05, 0.1) is 18.8 Å². The zero-order chi connectivity index (χ0) is 14.5. The maximum atomic E-state index is 13.8. The summed E-state index contributed by atoms with van der Waals surface area (Å²) in [5.74, 6) is -0.0856. The number of rotatable bonds is 5. The highest BCUT2D eigenvalue weighted by molar-refractivity contribution is 5.51. The van der Waals surface area contributed by atoms with Crippen molar-refractivity contribution in [1.29, 1.82) is 0 Å². The molecule has 2 aromatic carbocycles. The zero-order valence-corrected chi connectivity index (χ0v) is 11.5. The molecule has 0 saturated carbocycles. The fourth-order valence-electron chi connectivity index (χ4n) is 2.07. The summed E-state index contributed by atoms with van der Waals surface area (Å²) in [5.41, 5.74) is 1.13. The van der Waals surface area contributed by atoms with Crippen molar-refractivity contribution in [3.8, 4) is 5.75 Å². The number of halogens is 2. The number of hydrogen-bond donors (Lipinski definition) is 1. The third kappa shape index (κ3) is 3.26. The Morgan fingerprint density at radius 3 is 2.60 bits per heavy atom. The quantitative estimate of drug-likeness (QED) is 0.866. The highest BCUT2D eigenvalue weighted by Gasteiger charge is 2.13. The molecule has 20 heavy (non-hydrogen) atoms. The van der Waals surface area contributed by atoms with E-state index in [4.69, 9.17) is 4.74 Å². The molecule has 0 aromatic heterocycles. The first-order chi connectivity index (χ1) is 9.63. The number of ether oxygens (including phenoxy) is 1. The van der Waals surface area contributed by atoms with Crippen LogP contribution in [0.15, 0.2) is 42.5 Å². The SMILES string of the molecule is CCC(Nc1cc(OC)ccc1F)c1cccc(F)c1. The van der Waals surface area contributed by atoms with Gasteiger partial charge in [0, 0.05) is 6.07 Å². The fourth-order valence-corrected chi connectivity index (χ4v) is 2.07. The highest BCUT2D eigenvalue weighted by atomic mass is 19.1. The van der Waals surface area contributed by atoms with Crippen molar-refractivity contribution in [2.45, 2.75) is 19.4 Å². The zero-order valence-electron chi connectivity index (χ0n) is 11.5. The van der Waals surface area contributed by atoms with E-state index >= 15 is 0 Å². The van der Waals surface area contributed by atoms with Crippen LogP contribution in [0.3, 0.4) is 0 Å². The summed E-state index contributed by atoms with van der Waals surface area (Å²) in [4.78, 5) is 0. The topological polar surface area (TPSA) is 21.3 Å². The second kappa shape index (κ2) is 6.37. The number of hydrogen-bond acceptors (Lipinski definition) is 2. The van der Waals surface area contributed by atoms with Crippen LogP contribution in [0.1, 0.15) is 24.9 Å². The van der Waals surface area contributed by atoms with E-state index in [0.717, 1.165) is 5.56 Å². The molecule has 0 heterocycles. The Morgan fingerprint density at radius 2 is 1.95 bits per heavy atom. The molecule has 0 amide bonds. The number of methoxy groups -OCH3 is 1. The van der Waals surface area contributed by atoms with Gasteiger partial charge in [0.2, 0.25) is 0 Å². The van der Waals surface area contributed by atoms with Crippen molar-refractivity contribution in [2.75, 3.05) is 12.4 Å². The van der Waals surface area contributed by atoms with E-state index in [-0.39, 0.29) is 17.7 Å². The number of anilines is 1. The van der Waals surface area contributed by atoms with Crippen LogP contribution < -0.4 is 10.1 Å². The lowest BCUT2D eigenvalue weighted by molar-refractivity contribution is 0.414. The van der Waals surface area contributed by atoms with Gasteiger partial charge in [-0.25, -0.2) is 8.78 Å². The second-order valence-corrected chi connectivity index (χ2v) is 4.51. The van der Waals surface area contributed by atoms with Gasteiger partial charge in [-0.2, -0.15) is 0 Å². The van der Waals surface area contributed by atoms with Crippen molar-refractivity contribution in [3.63, 3.8) is 0 Å². The van der Waals surface area contributed by atoms with Crippen molar-refractivity contribution in [2.24, 2.45) is 0 Å². The molecule has 1 N–H and O–H groups in total. The lowest BCUT2D eigenvalue weighted by atomic mass is 10.0. The summed E-state index contributed by atoms with van der Waals surface area (Å²) in [6, 6.07) is 10.7. The van der Waals surface area contributed by atoms with Crippen LogP contribution in [0.2, 0.25) is 0 Å². The summed E-state index contributed by atoms with van der Waals surface area (Å²) >= 11 is 0. The first kappa shape index (κ1) is 14.3. The number of nitrogens with one attached hydrogen (secondary N) is 1. The molecule has 0 radical (unpaired) electrons. The van der Waals surface area contributed by atoms with Crippen molar-refractivity contribution in [3.05, 3.63) is 59.7 Å². The summed E-state index contributed by atoms with van der Waals surface area (Å²) in [5, 5.41) is 3.09. The molecule has 0 spiro atoms. The van der Waals surface area contributed by atoms with Crippen molar-refractivity contribution < 1.29 is 13.5 Å². The Bertz CT molecular complexity index is 586. The monoisotopic (exact) mass is 277 g/mol. The average molecular weight is 277 g/mol. The van der Waals surface area contributed by atoms with E-state index in [1.807, 2.05) is 13.0 Å². The summed E-state index contributed by atoms with van der Waals surface area (Å²) in [6.07, 6.45) is 0.708. The van der Waals surface area contributed by atoms with Gasteiger partial charge in [-0.05, 0) is 36.2 Å². The fraction of sp³-hybridized carbons (Fsp3) is 0.250. The van der Waals surface area contributed by atoms with E-state index in [9.17, 15) is 8.78 Å². The molecule has 0 aliphatic carbocycles. The van der Waals surface area contributed by atoms with Gasteiger partial charge in [0.15, 0.2) is 0 Å². The predicted octanol–water partition coefficient (Wildman–Crippen LogP) is 4.54. The Labute approximate surface area is 117 Å². The molecule has 0 bridgehead atoms. The van der Waals surface area contributed by atoms with Crippen LogP contribution in [0.5, 0.6) is 5.75 Å². The van der Waals surface area contributed by atoms with Crippen LogP contribution in [0, 0.1) is 11.6 Å². The molecule has 0 fully saturated rings. The summed E-state index contributed by atoms with van der Waals surface area (Å²) in [7, 11) is 1.53. The third-order valence-corrected chi connectivity index (χ3v) is 3.16. The van der Waals surface area contributed by atoms with Gasteiger partial charge in [-0.15, -0.1) is 0 Å². The average Bonchev–Trinajstić information content (AvgIpc) is 2.46. The van der Waals surface area contributed by atoms with Crippen LogP contribution in [0.4, 0.5) is 14.5 Å². The summed E-state index contributed by atoms with van der Waals surface area (Å²) < 4.78 is 32.2. The van der Waals surface area contributed by atoms with Crippen LogP contribution in [-0.2, 0) is 0 Å². The summed E-state index contributed by atoms with van der Waals surface area (Å²) in [6.45, 7) is 1.96. The molecule has 0 saturated heterocycles. The number of benzene rings is 2. The normalized spacial score (nSPS) is 12.0. The molecule has 106 valence electrons. The maximum Gasteiger partial charge on any atom is 0.146 e. The van der Waals surface area contributed by atoms with Gasteiger partial charge in [0.1, 0.15) is 17.4 Å². The standard InChI is InChI=1S/C16H17F2NO/c1-3-15(11-5-4-6-12(17)9-11)19-16-10-13(20-2)7-8-14(16)18/h4-10,15,19H,3H2,1-2H3. The van der Waals surface area contributed by atoms with Crippen LogP contribution in [-0.4, -0.2) is 7.11 Å². The van der Waals surface area contributed by atoms with Gasteiger partial charge in [-0.3, -0.25) is 0 Å². The molecule has 4 heteroatoms. The van der Waals surface area contributed by atoms with E-state index in [0.29, 0.717) is 17.9 Å². The smallest absolute Gasteiger partial charge is 0.146 e. The van der Waals surface area contributed by atoms with Crippen LogP contribution in [0.25, 0.3) is 0 Å². The lowest BCUT2D eigenvalue weighted by Gasteiger charge is -2.19. The lowest BCUT2D eigenvalue weighted by Crippen LogP contribution is -2.11. The highest BCUT2D eigenvalue weighted by Crippen LogP contribution is 2.27. The molecule has 2 aromatic rings. The minimum Gasteiger partial charge on any atom is -0.497 e. The van der Waals surface area contributed by atoms with Crippen molar-refractivity contribution in [1.82, 2.24) is 0 Å². The van der Waals surface area contributed by atoms with Crippen LogP contribution >= 0.6 is 0 Å². The Morgan fingerprint density at radius 1 is 1.15 bits per heavy atom.